The third-order valence-electron chi connectivity index (χ3n) is 10.1. The van der Waals surface area contributed by atoms with Crippen molar-refractivity contribution in [1.82, 2.24) is 24.3 Å². The molecule has 0 unspecified atom stereocenters. The molecule has 2 aliphatic rings. The molecule has 0 N–H and O–H groups in total. The number of nitrogens with zero attached hydrogens (tertiary/aromatic N) is 5. The Labute approximate surface area is 277 Å². The zero-order valence-corrected chi connectivity index (χ0v) is 29.0. The minimum absolute atomic E-state index is 0.0781. The molecule has 47 heavy (non-hydrogen) atoms. The van der Waals surface area contributed by atoms with Crippen LogP contribution in [0.15, 0.2) is 53.6 Å². The van der Waals surface area contributed by atoms with Crippen molar-refractivity contribution in [2.24, 2.45) is 11.3 Å². The number of sulfonamides is 1. The van der Waals surface area contributed by atoms with Crippen molar-refractivity contribution in [3.63, 3.8) is 0 Å². The summed E-state index contributed by atoms with van der Waals surface area (Å²) in [5.41, 5.74) is 5.79. The van der Waals surface area contributed by atoms with Gasteiger partial charge in [-0.1, -0.05) is 50.3 Å². The summed E-state index contributed by atoms with van der Waals surface area (Å²) in [5.74, 6) is 0.221. The molecule has 2 aliphatic heterocycles. The third-order valence-corrected chi connectivity index (χ3v) is 11.9. The van der Waals surface area contributed by atoms with Gasteiger partial charge in [-0.2, -0.15) is 4.31 Å². The first kappa shape index (κ1) is 33.2. The van der Waals surface area contributed by atoms with Gasteiger partial charge >= 0.3 is 0 Å². The lowest BCUT2D eigenvalue weighted by Crippen LogP contribution is -2.37. The number of benzene rings is 2. The van der Waals surface area contributed by atoms with Crippen LogP contribution in [-0.2, 0) is 32.6 Å². The average Bonchev–Trinajstić information content (AvgIpc) is 3.71. The van der Waals surface area contributed by atoms with Crippen molar-refractivity contribution < 1.29 is 22.7 Å². The maximum absolute atomic E-state index is 14.2. The molecule has 0 bridgehead atoms. The zero-order valence-electron chi connectivity index (χ0n) is 28.2. The van der Waals surface area contributed by atoms with E-state index in [1.54, 1.807) is 18.3 Å². The van der Waals surface area contributed by atoms with Gasteiger partial charge in [0.1, 0.15) is 22.3 Å². The Morgan fingerprint density at radius 3 is 2.66 bits per heavy atom. The van der Waals surface area contributed by atoms with Crippen molar-refractivity contribution in [3.8, 4) is 5.88 Å². The number of hydrogen-bond donors (Lipinski definition) is 0. The largest absolute Gasteiger partial charge is 0.472 e. The van der Waals surface area contributed by atoms with Crippen molar-refractivity contribution in [3.05, 3.63) is 76.5 Å². The highest BCUT2D eigenvalue weighted by molar-refractivity contribution is 7.89. The second-order valence-corrected chi connectivity index (χ2v) is 15.4. The maximum atomic E-state index is 14.2. The lowest BCUT2D eigenvalue weighted by molar-refractivity contribution is -0.128. The van der Waals surface area contributed by atoms with Gasteiger partial charge in [-0.3, -0.25) is 4.79 Å². The minimum Gasteiger partial charge on any atom is -0.472 e. The molecule has 10 nitrogen and oxygen atoms in total. The monoisotopic (exact) mass is 659 g/mol. The summed E-state index contributed by atoms with van der Waals surface area (Å²) < 4.78 is 43.0. The molecule has 3 atom stereocenters. The van der Waals surface area contributed by atoms with Crippen LogP contribution in [0.1, 0.15) is 80.7 Å². The van der Waals surface area contributed by atoms with E-state index in [0.717, 1.165) is 45.3 Å². The number of ether oxygens (including phenoxy) is 2. The molecule has 1 fully saturated rings. The van der Waals surface area contributed by atoms with E-state index >= 15 is 0 Å². The van der Waals surface area contributed by atoms with Gasteiger partial charge in [0, 0.05) is 50.3 Å². The van der Waals surface area contributed by atoms with E-state index in [4.69, 9.17) is 9.47 Å². The number of fused-ring (bicyclic) bond motifs is 2. The molecular weight excluding hydrogens is 614 g/mol. The Hall–Kier alpha value is -3.67. The highest BCUT2D eigenvalue weighted by Gasteiger charge is 2.41. The van der Waals surface area contributed by atoms with E-state index < -0.39 is 15.4 Å². The molecule has 0 aliphatic carbocycles. The van der Waals surface area contributed by atoms with Crippen LogP contribution in [0.5, 0.6) is 5.88 Å². The Bertz CT molecular complexity index is 1900. The van der Waals surface area contributed by atoms with Crippen LogP contribution < -0.4 is 4.74 Å². The number of carbonyl (C=O) groups is 1. The van der Waals surface area contributed by atoms with Crippen LogP contribution in [0.2, 0.25) is 0 Å². The van der Waals surface area contributed by atoms with Gasteiger partial charge in [0.2, 0.25) is 15.9 Å². The van der Waals surface area contributed by atoms with Crippen LogP contribution in [0, 0.1) is 25.2 Å². The van der Waals surface area contributed by atoms with Gasteiger partial charge in [-0.05, 0) is 85.5 Å². The van der Waals surface area contributed by atoms with Crippen LogP contribution in [0.25, 0.3) is 11.0 Å². The van der Waals surface area contributed by atoms with E-state index in [1.807, 2.05) is 45.4 Å². The molecule has 4 heterocycles. The lowest BCUT2D eigenvalue weighted by atomic mass is 9.66. The first-order valence-corrected chi connectivity index (χ1v) is 18.0. The first-order valence-electron chi connectivity index (χ1n) is 16.6. The molecule has 2 aromatic carbocycles. The highest BCUT2D eigenvalue weighted by Crippen LogP contribution is 2.46. The van der Waals surface area contributed by atoms with Gasteiger partial charge < -0.3 is 9.47 Å². The van der Waals surface area contributed by atoms with Gasteiger partial charge in [0.05, 0.1) is 12.1 Å². The number of carbonyl (C=O) groups excluding carboxylic acids is 1. The lowest BCUT2D eigenvalue weighted by Gasteiger charge is -2.36. The summed E-state index contributed by atoms with van der Waals surface area (Å²) in [6.45, 7) is 14.5. The van der Waals surface area contributed by atoms with Crippen LogP contribution in [0.3, 0.4) is 0 Å². The topological polar surface area (TPSA) is 117 Å². The molecule has 250 valence electrons. The Balaban J connectivity index is 1.44. The third kappa shape index (κ3) is 6.21. The van der Waals surface area contributed by atoms with Gasteiger partial charge in [0.15, 0.2) is 0 Å². The van der Waals surface area contributed by atoms with Gasteiger partial charge in [-0.25, -0.2) is 18.1 Å². The number of hydrogen-bond acceptors (Lipinski definition) is 8. The second kappa shape index (κ2) is 13.1. The molecule has 0 radical (unpaired) electrons. The Morgan fingerprint density at radius 2 is 1.94 bits per heavy atom. The normalized spacial score (nSPS) is 20.5. The van der Waals surface area contributed by atoms with Crippen molar-refractivity contribution in [1.29, 1.82) is 0 Å². The molecule has 4 aromatic rings. The molecule has 0 spiro atoms. The van der Waals surface area contributed by atoms with Gasteiger partial charge in [0.25, 0.3) is 0 Å². The Morgan fingerprint density at radius 1 is 1.13 bits per heavy atom. The summed E-state index contributed by atoms with van der Waals surface area (Å²) in [7, 11) is -3.89. The number of aryl methyl sites for hydroxylation is 3. The first-order chi connectivity index (χ1) is 22.4. The molecule has 1 saturated heterocycles. The molecule has 0 saturated carbocycles. The molecular formula is C36H45N5O5S. The van der Waals surface area contributed by atoms with E-state index in [-0.39, 0.29) is 47.6 Å². The van der Waals surface area contributed by atoms with Crippen molar-refractivity contribution in [2.45, 2.75) is 90.8 Å². The van der Waals surface area contributed by atoms with E-state index in [1.165, 1.54) is 4.31 Å². The van der Waals surface area contributed by atoms with Crippen LogP contribution >= 0.6 is 0 Å². The quantitative estimate of drug-likeness (QED) is 0.204. The maximum Gasteiger partial charge on any atom is 0.248 e. The summed E-state index contributed by atoms with van der Waals surface area (Å²) in [5, 5.41) is 8.89. The minimum atomic E-state index is -3.89. The molecule has 2 aromatic heterocycles. The fraction of sp³-hybridized carbons (Fsp3) is 0.500. The molecule has 0 amide bonds. The van der Waals surface area contributed by atoms with E-state index in [9.17, 15) is 13.2 Å². The summed E-state index contributed by atoms with van der Waals surface area (Å²) >= 11 is 0. The van der Waals surface area contributed by atoms with Gasteiger partial charge in [-0.15, -0.1) is 5.10 Å². The standard InChI is InChI=1S/C36H45N5O5S/c1-7-28-21-40(47(43,44)31-10-9-16-37-35(31)46-28)20-27-19-26(12-11-23(27)3)33(36(5,6)32(42)18-25-15-17-45-22-25)29-13-14-30-34(24(29)4)38-39-41(30)8-2/h9-14,16,19,25,28,33H,7-8,15,17-18,20-22H2,1-6H3/t25-,28-,33+/m1/s1. The molecule has 6 rings (SSSR count). The molecule has 11 heteroatoms. The number of ketones is 1. The fourth-order valence-electron chi connectivity index (χ4n) is 7.06. The number of Topliss-reactive ketones (excluding diaryl/α,β-unsaturated/α-hetero) is 1. The second-order valence-electron chi connectivity index (χ2n) is 13.5. The van der Waals surface area contributed by atoms with Crippen LogP contribution in [0.4, 0.5) is 0 Å². The Kier molecular flexibility index (Phi) is 9.26. The number of rotatable bonds is 10. The predicted molar refractivity (Wildman–Crippen MR) is 180 cm³/mol. The number of aromatic nitrogens is 4. The van der Waals surface area contributed by atoms with E-state index in [0.29, 0.717) is 32.6 Å². The zero-order chi connectivity index (χ0) is 33.5. The van der Waals surface area contributed by atoms with Crippen molar-refractivity contribution in [2.75, 3.05) is 19.8 Å². The highest BCUT2D eigenvalue weighted by atomic mass is 32.2. The average molecular weight is 660 g/mol. The SMILES string of the molecule is CC[C@@H]1CN(Cc2cc([C@@H](c3ccc4c(nnn4CC)c3C)C(C)(C)C(=O)C[C@H]3CCOC3)ccc2C)S(=O)(=O)c2cccnc2O1. The number of pyridine rings is 1. The summed E-state index contributed by atoms with van der Waals surface area (Å²) in [6, 6.07) is 13.5. The summed E-state index contributed by atoms with van der Waals surface area (Å²) in [4.78, 5) is 18.5. The predicted octanol–water partition coefficient (Wildman–Crippen LogP) is 5.98. The van der Waals surface area contributed by atoms with E-state index in [2.05, 4.69) is 46.5 Å². The smallest absolute Gasteiger partial charge is 0.248 e. The fourth-order valence-corrected chi connectivity index (χ4v) is 8.58. The van der Waals surface area contributed by atoms with Crippen LogP contribution in [-0.4, -0.2) is 64.3 Å². The summed E-state index contributed by atoms with van der Waals surface area (Å²) in [6.07, 6.45) is 3.19. The van der Waals surface area contributed by atoms with Crippen molar-refractivity contribution >= 4 is 26.8 Å².